The Bertz CT molecular complexity index is 156. The third-order valence-corrected chi connectivity index (χ3v) is 2.54. The highest BCUT2D eigenvalue weighted by atomic mass is 16.7. The average molecular weight is 188 g/mol. The van der Waals surface area contributed by atoms with Crippen LogP contribution in [0.3, 0.4) is 0 Å². The molecule has 0 saturated carbocycles. The van der Waals surface area contributed by atoms with Gasteiger partial charge < -0.3 is 14.6 Å². The molecule has 2 atom stereocenters. The first-order chi connectivity index (χ1) is 6.09. The molecule has 1 aliphatic rings. The highest BCUT2D eigenvalue weighted by Gasteiger charge is 2.34. The largest absolute Gasteiger partial charge is 0.396 e. The Morgan fingerprint density at radius 3 is 2.69 bits per heavy atom. The van der Waals surface area contributed by atoms with E-state index in [9.17, 15) is 0 Å². The molecule has 78 valence electrons. The van der Waals surface area contributed by atoms with Crippen LogP contribution in [0, 0.1) is 5.92 Å². The van der Waals surface area contributed by atoms with Gasteiger partial charge in [0.25, 0.3) is 0 Å². The van der Waals surface area contributed by atoms with Gasteiger partial charge in [0.15, 0.2) is 5.79 Å². The summed E-state index contributed by atoms with van der Waals surface area (Å²) in [7, 11) is 0. The van der Waals surface area contributed by atoms with Crippen LogP contribution in [0.2, 0.25) is 0 Å². The zero-order valence-corrected chi connectivity index (χ0v) is 8.75. The average Bonchev–Trinajstić information content (AvgIpc) is 2.04. The molecule has 1 aliphatic heterocycles. The smallest absolute Gasteiger partial charge is 0.163 e. The van der Waals surface area contributed by atoms with Crippen LogP contribution in [0.1, 0.15) is 33.6 Å². The molecular weight excluding hydrogens is 168 g/mol. The van der Waals surface area contributed by atoms with Crippen LogP contribution in [-0.4, -0.2) is 30.2 Å². The van der Waals surface area contributed by atoms with E-state index in [-0.39, 0.29) is 12.7 Å². The van der Waals surface area contributed by atoms with E-state index in [1.165, 1.54) is 0 Å². The van der Waals surface area contributed by atoms with Gasteiger partial charge in [-0.1, -0.05) is 6.92 Å². The van der Waals surface area contributed by atoms with E-state index in [0.29, 0.717) is 12.3 Å². The number of aliphatic hydroxyl groups excluding tert-OH is 1. The quantitative estimate of drug-likeness (QED) is 0.730. The maximum Gasteiger partial charge on any atom is 0.163 e. The van der Waals surface area contributed by atoms with Crippen molar-refractivity contribution >= 4 is 0 Å². The minimum Gasteiger partial charge on any atom is -0.396 e. The normalized spacial score (nSPS) is 33.2. The second-order valence-electron chi connectivity index (χ2n) is 4.05. The van der Waals surface area contributed by atoms with E-state index in [1.807, 2.05) is 13.8 Å². The first-order valence-corrected chi connectivity index (χ1v) is 5.01. The Kier molecular flexibility index (Phi) is 3.71. The van der Waals surface area contributed by atoms with Crippen LogP contribution in [0.4, 0.5) is 0 Å². The summed E-state index contributed by atoms with van der Waals surface area (Å²) in [5.74, 6) is -0.0499. The van der Waals surface area contributed by atoms with Crippen molar-refractivity contribution < 1.29 is 14.6 Å². The molecule has 1 saturated heterocycles. The number of rotatable bonds is 3. The summed E-state index contributed by atoms with van der Waals surface area (Å²) in [5.41, 5.74) is 0. The number of aliphatic hydroxyl groups is 1. The molecule has 0 radical (unpaired) electrons. The molecule has 3 nitrogen and oxygen atoms in total. The molecular formula is C10H20O3. The molecule has 0 aromatic carbocycles. The Balaban J connectivity index is 2.52. The molecule has 0 aromatic heterocycles. The fourth-order valence-corrected chi connectivity index (χ4v) is 1.71. The zero-order chi connectivity index (χ0) is 9.90. The predicted molar refractivity (Wildman–Crippen MR) is 50.4 cm³/mol. The number of hydrogen-bond acceptors (Lipinski definition) is 3. The maximum absolute atomic E-state index is 8.88. The monoisotopic (exact) mass is 188 g/mol. The lowest BCUT2D eigenvalue weighted by atomic mass is 9.96. The zero-order valence-electron chi connectivity index (χ0n) is 8.75. The molecule has 0 unspecified atom stereocenters. The Morgan fingerprint density at radius 1 is 1.46 bits per heavy atom. The molecule has 1 fully saturated rings. The van der Waals surface area contributed by atoms with Gasteiger partial charge in [-0.25, -0.2) is 0 Å². The van der Waals surface area contributed by atoms with Gasteiger partial charge in [0.2, 0.25) is 0 Å². The minimum absolute atomic E-state index is 0.152. The lowest BCUT2D eigenvalue weighted by Gasteiger charge is -2.40. The van der Waals surface area contributed by atoms with E-state index in [2.05, 4.69) is 6.92 Å². The lowest BCUT2D eigenvalue weighted by molar-refractivity contribution is -0.294. The summed E-state index contributed by atoms with van der Waals surface area (Å²) in [5, 5.41) is 8.88. The van der Waals surface area contributed by atoms with E-state index in [4.69, 9.17) is 14.6 Å². The molecule has 0 amide bonds. The fraction of sp³-hybridized carbons (Fsp3) is 1.00. The predicted octanol–water partition coefficient (Wildman–Crippen LogP) is 1.55. The third kappa shape index (κ3) is 2.93. The molecule has 1 N–H and O–H groups in total. The van der Waals surface area contributed by atoms with Crippen molar-refractivity contribution in [1.29, 1.82) is 0 Å². The third-order valence-electron chi connectivity index (χ3n) is 2.54. The van der Waals surface area contributed by atoms with E-state index in [0.717, 1.165) is 13.0 Å². The first-order valence-electron chi connectivity index (χ1n) is 5.01. The summed E-state index contributed by atoms with van der Waals surface area (Å²) in [4.78, 5) is 0. The van der Waals surface area contributed by atoms with Gasteiger partial charge in [0, 0.05) is 12.5 Å². The number of hydrogen-bond donors (Lipinski definition) is 1. The fourth-order valence-electron chi connectivity index (χ4n) is 1.71. The highest BCUT2D eigenvalue weighted by molar-refractivity contribution is 4.76. The highest BCUT2D eigenvalue weighted by Crippen LogP contribution is 2.29. The molecule has 0 aliphatic carbocycles. The summed E-state index contributed by atoms with van der Waals surface area (Å²) >= 11 is 0. The van der Waals surface area contributed by atoms with Crippen molar-refractivity contribution in [2.75, 3.05) is 13.2 Å². The van der Waals surface area contributed by atoms with Crippen LogP contribution >= 0.6 is 0 Å². The van der Waals surface area contributed by atoms with E-state index < -0.39 is 5.79 Å². The van der Waals surface area contributed by atoms with Crippen LogP contribution < -0.4 is 0 Å². The van der Waals surface area contributed by atoms with Crippen LogP contribution in [-0.2, 0) is 9.47 Å². The van der Waals surface area contributed by atoms with Gasteiger partial charge in [-0.05, 0) is 26.7 Å². The van der Waals surface area contributed by atoms with E-state index in [1.54, 1.807) is 0 Å². The second kappa shape index (κ2) is 4.40. The van der Waals surface area contributed by atoms with Gasteiger partial charge in [-0.2, -0.15) is 0 Å². The van der Waals surface area contributed by atoms with Crippen molar-refractivity contribution in [3.8, 4) is 0 Å². The molecule has 13 heavy (non-hydrogen) atoms. The Labute approximate surface area is 80.0 Å². The molecule has 0 spiro atoms. The van der Waals surface area contributed by atoms with Gasteiger partial charge in [-0.15, -0.1) is 0 Å². The van der Waals surface area contributed by atoms with Crippen molar-refractivity contribution in [2.45, 2.75) is 45.5 Å². The Morgan fingerprint density at radius 2 is 2.15 bits per heavy atom. The minimum atomic E-state index is -0.481. The Hall–Kier alpha value is -0.120. The summed E-state index contributed by atoms with van der Waals surface area (Å²) in [6.07, 6.45) is 1.91. The summed E-state index contributed by atoms with van der Waals surface area (Å²) < 4.78 is 11.3. The second-order valence-corrected chi connectivity index (χ2v) is 4.05. The molecule has 0 bridgehead atoms. The molecule has 0 aromatic rings. The standard InChI is InChI=1S/C10H20O3/c1-4-8-7-12-10(2,3)13-9(8)5-6-11/h8-9,11H,4-7H2,1-3H3/t8-,9+/m1/s1. The van der Waals surface area contributed by atoms with Crippen molar-refractivity contribution in [3.05, 3.63) is 0 Å². The van der Waals surface area contributed by atoms with Crippen LogP contribution in [0.25, 0.3) is 0 Å². The molecule has 1 rings (SSSR count). The van der Waals surface area contributed by atoms with Crippen LogP contribution in [0.15, 0.2) is 0 Å². The SMILES string of the molecule is CC[C@@H]1COC(C)(C)O[C@H]1CCO. The molecule has 3 heteroatoms. The van der Waals surface area contributed by atoms with Gasteiger partial charge >= 0.3 is 0 Å². The lowest BCUT2D eigenvalue weighted by Crippen LogP contribution is -2.45. The van der Waals surface area contributed by atoms with Gasteiger partial charge in [-0.3, -0.25) is 0 Å². The van der Waals surface area contributed by atoms with Crippen molar-refractivity contribution in [3.63, 3.8) is 0 Å². The number of ether oxygens (including phenoxy) is 2. The summed E-state index contributed by atoms with van der Waals surface area (Å²) in [6, 6.07) is 0. The van der Waals surface area contributed by atoms with E-state index >= 15 is 0 Å². The topological polar surface area (TPSA) is 38.7 Å². The van der Waals surface area contributed by atoms with Gasteiger partial charge in [0.1, 0.15) is 0 Å². The van der Waals surface area contributed by atoms with Crippen molar-refractivity contribution in [2.24, 2.45) is 5.92 Å². The molecule has 1 heterocycles. The van der Waals surface area contributed by atoms with Crippen LogP contribution in [0.5, 0.6) is 0 Å². The summed E-state index contributed by atoms with van der Waals surface area (Å²) in [6.45, 7) is 6.90. The maximum atomic E-state index is 8.88. The first kappa shape index (κ1) is 11.0. The van der Waals surface area contributed by atoms with Gasteiger partial charge in [0.05, 0.1) is 12.7 Å². The van der Waals surface area contributed by atoms with Crippen molar-refractivity contribution in [1.82, 2.24) is 0 Å².